The highest BCUT2D eigenvalue weighted by Gasteiger charge is 2.47. The van der Waals surface area contributed by atoms with Gasteiger partial charge in [0.05, 0.1) is 12.2 Å². The third-order valence-corrected chi connectivity index (χ3v) is 18.2. The summed E-state index contributed by atoms with van der Waals surface area (Å²) in [5, 5.41) is 9.09. The predicted octanol–water partition coefficient (Wildman–Crippen LogP) is 9.31. The van der Waals surface area contributed by atoms with Gasteiger partial charge in [0, 0.05) is 24.7 Å². The monoisotopic (exact) mass is 580 g/mol. The molecule has 1 unspecified atom stereocenters. The number of unbranched alkanes of at least 4 members (excludes halogenated alkanes) is 3. The molecule has 0 radical (unpaired) electrons. The Morgan fingerprint density at radius 2 is 1.62 bits per heavy atom. The fraction of sp³-hybridized carbons (Fsp3) is 0.812. The van der Waals surface area contributed by atoms with Crippen molar-refractivity contribution in [1.29, 1.82) is 0 Å². The molecule has 0 aliphatic heterocycles. The van der Waals surface area contributed by atoms with Crippen molar-refractivity contribution in [3.63, 3.8) is 0 Å². The summed E-state index contributed by atoms with van der Waals surface area (Å²) in [4.78, 5) is 24.1. The number of rotatable bonds is 16. The number of carboxylic acid groups (broad SMARTS) is 1. The number of hydrogen-bond donors (Lipinski definition) is 1. The van der Waals surface area contributed by atoms with Gasteiger partial charge >= 0.3 is 5.97 Å². The number of carbonyl (C=O) groups is 2. The fourth-order valence-corrected chi connectivity index (χ4v) is 7.17. The van der Waals surface area contributed by atoms with Crippen molar-refractivity contribution in [1.82, 2.24) is 0 Å². The van der Waals surface area contributed by atoms with Gasteiger partial charge in [-0.2, -0.15) is 0 Å². The lowest BCUT2D eigenvalue weighted by Crippen LogP contribution is -2.45. The quantitative estimate of drug-likeness (QED) is 0.112. The van der Waals surface area contributed by atoms with Crippen LogP contribution < -0.4 is 0 Å². The molecule has 0 aromatic carbocycles. The molecule has 1 aliphatic carbocycles. The summed E-state index contributed by atoms with van der Waals surface area (Å²) in [6, 6.07) is 0. The third kappa shape index (κ3) is 11.8. The van der Waals surface area contributed by atoms with Gasteiger partial charge < -0.3 is 14.0 Å². The van der Waals surface area contributed by atoms with Gasteiger partial charge in [-0.3, -0.25) is 9.59 Å². The van der Waals surface area contributed by atoms with E-state index in [4.69, 9.17) is 14.0 Å². The Hall–Kier alpha value is -1.03. The molecule has 0 bridgehead atoms. The number of carbonyl (C=O) groups excluding carboxylic acids is 1. The van der Waals surface area contributed by atoms with Crippen LogP contribution in [-0.4, -0.2) is 45.7 Å². The summed E-state index contributed by atoms with van der Waals surface area (Å²) >= 11 is 0. The predicted molar refractivity (Wildman–Crippen MR) is 169 cm³/mol. The maximum absolute atomic E-state index is 13.3. The Morgan fingerprint density at radius 1 is 1.00 bits per heavy atom. The minimum Gasteiger partial charge on any atom is -0.481 e. The zero-order valence-corrected chi connectivity index (χ0v) is 29.1. The van der Waals surface area contributed by atoms with Crippen molar-refractivity contribution in [3.8, 4) is 0 Å². The van der Waals surface area contributed by atoms with E-state index in [9.17, 15) is 9.59 Å². The molecule has 0 spiro atoms. The van der Waals surface area contributed by atoms with E-state index in [0.717, 1.165) is 19.3 Å². The zero-order valence-electron chi connectivity index (χ0n) is 27.1. The Balaban J connectivity index is 3.23. The lowest BCUT2D eigenvalue weighted by Gasteiger charge is -2.40. The van der Waals surface area contributed by atoms with Crippen LogP contribution in [-0.2, 0) is 18.4 Å². The van der Waals surface area contributed by atoms with Crippen LogP contribution >= 0.6 is 0 Å². The molecule has 0 aromatic rings. The summed E-state index contributed by atoms with van der Waals surface area (Å²) in [6.07, 6.45) is 15.7. The first-order chi connectivity index (χ1) is 17.8. The Bertz CT molecular complexity index is 832. The van der Waals surface area contributed by atoms with E-state index in [-0.39, 0.29) is 46.3 Å². The number of Topliss-reactive ketones (excluding diaryl/α,β-unsaturated/α-hetero) is 1. The average molecular weight is 581 g/mol. The highest BCUT2D eigenvalue weighted by atomic mass is 28.4. The first-order valence-corrected chi connectivity index (χ1v) is 21.1. The second-order valence-electron chi connectivity index (χ2n) is 14.6. The second-order valence-corrected chi connectivity index (χ2v) is 24.1. The third-order valence-electron chi connectivity index (χ3n) is 9.17. The SMILES string of the molecule is CCCCCC(/C=C/[C@H]1[C@H](O[Si](C)(C)C(C)(C)C)CC(=O)[C@@H]1C/C=C\CCCC(=O)O)O[Si](C)(C)C(C)(C)C. The van der Waals surface area contributed by atoms with Crippen LogP contribution in [0.15, 0.2) is 24.3 Å². The van der Waals surface area contributed by atoms with Crippen molar-refractivity contribution in [3.05, 3.63) is 24.3 Å². The second kappa shape index (κ2) is 15.3. The number of allylic oxidation sites excluding steroid dienone is 2. The molecule has 0 saturated heterocycles. The van der Waals surface area contributed by atoms with Crippen LogP contribution in [0.3, 0.4) is 0 Å². The van der Waals surface area contributed by atoms with Crippen molar-refractivity contribution in [2.45, 2.75) is 155 Å². The van der Waals surface area contributed by atoms with Crippen LogP contribution in [0.4, 0.5) is 0 Å². The average Bonchev–Trinajstić information content (AvgIpc) is 3.05. The summed E-state index contributed by atoms with van der Waals surface area (Å²) < 4.78 is 13.8. The Labute approximate surface area is 242 Å². The van der Waals surface area contributed by atoms with E-state index in [0.29, 0.717) is 19.3 Å². The largest absolute Gasteiger partial charge is 0.481 e. The van der Waals surface area contributed by atoms with Crippen molar-refractivity contribution >= 4 is 28.4 Å². The van der Waals surface area contributed by atoms with Gasteiger partial charge in [0.1, 0.15) is 5.78 Å². The van der Waals surface area contributed by atoms with E-state index >= 15 is 0 Å². The minimum absolute atomic E-state index is 0.0204. The van der Waals surface area contributed by atoms with E-state index in [1.54, 1.807) is 0 Å². The molecule has 1 N–H and O–H groups in total. The molecule has 226 valence electrons. The normalized spacial score (nSPS) is 22.3. The smallest absolute Gasteiger partial charge is 0.303 e. The van der Waals surface area contributed by atoms with Crippen LogP contribution in [0.1, 0.15) is 106 Å². The van der Waals surface area contributed by atoms with Gasteiger partial charge in [-0.15, -0.1) is 0 Å². The molecule has 0 aromatic heterocycles. The number of ketones is 1. The van der Waals surface area contributed by atoms with Gasteiger partial charge in [-0.25, -0.2) is 0 Å². The summed E-state index contributed by atoms with van der Waals surface area (Å²) in [5.74, 6) is -0.585. The molecule has 1 fully saturated rings. The van der Waals surface area contributed by atoms with Crippen LogP contribution in [0, 0.1) is 11.8 Å². The van der Waals surface area contributed by atoms with Gasteiger partial charge in [0.25, 0.3) is 0 Å². The molecule has 0 amide bonds. The minimum atomic E-state index is -2.06. The molecule has 1 aliphatic rings. The van der Waals surface area contributed by atoms with Gasteiger partial charge in [0.15, 0.2) is 16.6 Å². The van der Waals surface area contributed by atoms with Gasteiger partial charge in [0.2, 0.25) is 0 Å². The first kappa shape index (κ1) is 36.0. The molecule has 7 heteroatoms. The van der Waals surface area contributed by atoms with Crippen molar-refractivity contribution < 1.29 is 23.5 Å². The van der Waals surface area contributed by atoms with E-state index in [2.05, 4.69) is 92.9 Å². The fourth-order valence-electron chi connectivity index (χ4n) is 4.51. The van der Waals surface area contributed by atoms with E-state index < -0.39 is 22.6 Å². The first-order valence-electron chi connectivity index (χ1n) is 15.3. The highest BCUT2D eigenvalue weighted by molar-refractivity contribution is 6.74. The van der Waals surface area contributed by atoms with Crippen molar-refractivity contribution in [2.75, 3.05) is 0 Å². The van der Waals surface area contributed by atoms with E-state index in [1.165, 1.54) is 12.8 Å². The summed E-state index contributed by atoms with van der Waals surface area (Å²) in [5.41, 5.74) is 0. The van der Waals surface area contributed by atoms with Crippen LogP contribution in [0.25, 0.3) is 0 Å². The maximum atomic E-state index is 13.3. The Morgan fingerprint density at radius 3 is 2.15 bits per heavy atom. The standard InChI is InChI=1S/C32H60O5Si2/c1-12-13-16-19-25(36-38(8,9)31(2,3)4)22-23-27-26(20-17-14-15-18-21-30(34)35)28(33)24-29(27)37-39(10,11)32(5,6)7/h14,17,22-23,25-27,29H,12-13,15-16,18-21,24H2,1-11H3,(H,34,35)/b17-14-,23-22+/t25?,26-,27-,29-/m1/s1. The molecule has 1 rings (SSSR count). The molecular formula is C32H60O5Si2. The molecular weight excluding hydrogens is 521 g/mol. The van der Waals surface area contributed by atoms with Crippen LogP contribution in [0.5, 0.6) is 0 Å². The van der Waals surface area contributed by atoms with Gasteiger partial charge in [-0.05, 0) is 61.9 Å². The summed E-state index contributed by atoms with van der Waals surface area (Å²) in [7, 11) is -4.01. The highest BCUT2D eigenvalue weighted by Crippen LogP contribution is 2.43. The number of hydrogen-bond acceptors (Lipinski definition) is 4. The summed E-state index contributed by atoms with van der Waals surface area (Å²) in [6.45, 7) is 25.0. The molecule has 1 saturated carbocycles. The maximum Gasteiger partial charge on any atom is 0.303 e. The zero-order chi connectivity index (χ0) is 30.1. The topological polar surface area (TPSA) is 72.8 Å². The molecule has 4 atom stereocenters. The van der Waals surface area contributed by atoms with E-state index in [1.807, 2.05) is 6.08 Å². The molecule has 39 heavy (non-hydrogen) atoms. The molecule has 0 heterocycles. The van der Waals surface area contributed by atoms with Gasteiger partial charge in [-0.1, -0.05) is 92.0 Å². The number of carboxylic acids is 1. The van der Waals surface area contributed by atoms with Crippen LogP contribution in [0.2, 0.25) is 36.3 Å². The Kier molecular flexibility index (Phi) is 14.1. The number of aliphatic carboxylic acids is 1. The lowest BCUT2D eigenvalue weighted by molar-refractivity contribution is -0.137. The molecule has 5 nitrogen and oxygen atoms in total. The lowest BCUT2D eigenvalue weighted by atomic mass is 9.90. The van der Waals surface area contributed by atoms with Crippen molar-refractivity contribution in [2.24, 2.45) is 11.8 Å².